The number of hydrogen-bond acceptors (Lipinski definition) is 5. The quantitative estimate of drug-likeness (QED) is 0.190. The molecule has 192 valence electrons. The Kier molecular flexibility index (Phi) is 17.7. The van der Waals surface area contributed by atoms with Gasteiger partial charge in [-0.2, -0.15) is 35.3 Å². The lowest BCUT2D eigenvalue weighted by molar-refractivity contribution is 0.329. The molecule has 5 heteroatoms. The highest BCUT2D eigenvalue weighted by Crippen LogP contribution is 2.39. The van der Waals surface area contributed by atoms with Gasteiger partial charge in [0, 0.05) is 40.3 Å². The van der Waals surface area contributed by atoms with Crippen LogP contribution in [0.15, 0.2) is 0 Å². The second-order valence-corrected chi connectivity index (χ2v) is 15.0. The third-order valence-electron chi connectivity index (χ3n) is 7.07. The van der Waals surface area contributed by atoms with Crippen molar-refractivity contribution in [1.29, 1.82) is 0 Å². The summed E-state index contributed by atoms with van der Waals surface area (Å²) in [5, 5.41) is 2.59. The van der Waals surface area contributed by atoms with Gasteiger partial charge in [0.2, 0.25) is 0 Å². The number of hydrogen-bond donors (Lipinski definition) is 0. The van der Waals surface area contributed by atoms with E-state index in [0.717, 1.165) is 33.5 Å². The van der Waals surface area contributed by atoms with Gasteiger partial charge in [0.15, 0.2) is 0 Å². The highest BCUT2D eigenvalue weighted by atomic mass is 32.2. The number of nitrogens with zero attached hydrogens (tertiary/aromatic N) is 2. The van der Waals surface area contributed by atoms with Crippen LogP contribution in [-0.2, 0) is 0 Å². The summed E-state index contributed by atoms with van der Waals surface area (Å²) in [5.41, 5.74) is 0. The third-order valence-corrected chi connectivity index (χ3v) is 11.6. The average Bonchev–Trinajstić information content (AvgIpc) is 2.73. The van der Waals surface area contributed by atoms with Crippen molar-refractivity contribution >= 4 is 35.3 Å². The van der Waals surface area contributed by atoms with Crippen LogP contribution in [0.2, 0.25) is 0 Å². The molecule has 0 aromatic carbocycles. The average molecular weight is 505 g/mol. The zero-order valence-corrected chi connectivity index (χ0v) is 25.2. The Balaban J connectivity index is 2.61. The molecule has 0 N–H and O–H groups in total. The van der Waals surface area contributed by atoms with E-state index < -0.39 is 0 Å². The maximum absolute atomic E-state index is 2.56. The van der Waals surface area contributed by atoms with Crippen molar-refractivity contribution in [3.05, 3.63) is 0 Å². The molecular weight excluding hydrogens is 449 g/mol. The van der Waals surface area contributed by atoms with Crippen LogP contribution in [-0.4, -0.2) is 84.1 Å². The lowest BCUT2D eigenvalue weighted by atomic mass is 9.84. The molecule has 32 heavy (non-hydrogen) atoms. The predicted octanol–water partition coefficient (Wildman–Crippen LogP) is 7.48. The summed E-state index contributed by atoms with van der Waals surface area (Å²) in [4.78, 5) is 4.67. The van der Waals surface area contributed by atoms with E-state index in [0.29, 0.717) is 0 Å². The van der Waals surface area contributed by atoms with E-state index in [4.69, 9.17) is 0 Å². The maximum atomic E-state index is 2.56. The van der Waals surface area contributed by atoms with Crippen LogP contribution < -0.4 is 0 Å². The Morgan fingerprint density at radius 2 is 1.38 bits per heavy atom. The molecule has 0 saturated heterocycles. The van der Waals surface area contributed by atoms with Crippen molar-refractivity contribution in [1.82, 2.24) is 9.80 Å². The summed E-state index contributed by atoms with van der Waals surface area (Å²) in [5.74, 6) is 6.43. The molecule has 0 radical (unpaired) electrons. The van der Waals surface area contributed by atoms with Crippen LogP contribution in [0.3, 0.4) is 0 Å². The zero-order valence-electron chi connectivity index (χ0n) is 22.8. The van der Waals surface area contributed by atoms with E-state index in [2.05, 4.69) is 101 Å². The molecule has 0 aromatic heterocycles. The second kappa shape index (κ2) is 18.3. The minimum Gasteiger partial charge on any atom is -0.309 e. The first-order valence-electron chi connectivity index (χ1n) is 13.4. The topological polar surface area (TPSA) is 6.48 Å². The summed E-state index contributed by atoms with van der Waals surface area (Å²) >= 11 is 6.75. The van der Waals surface area contributed by atoms with E-state index in [1.807, 2.05) is 0 Å². The second-order valence-electron chi connectivity index (χ2n) is 10.8. The molecule has 0 spiro atoms. The van der Waals surface area contributed by atoms with Gasteiger partial charge in [-0.15, -0.1) is 0 Å². The highest BCUT2D eigenvalue weighted by molar-refractivity contribution is 8.00. The molecule has 1 fully saturated rings. The van der Waals surface area contributed by atoms with Crippen LogP contribution in [0.1, 0.15) is 79.1 Å². The van der Waals surface area contributed by atoms with Crippen molar-refractivity contribution in [2.24, 2.45) is 17.8 Å². The molecule has 0 amide bonds. The Bertz CT molecular complexity index is 443. The molecule has 5 unspecified atom stereocenters. The van der Waals surface area contributed by atoms with Gasteiger partial charge in [-0.05, 0) is 90.2 Å². The molecule has 0 bridgehead atoms. The van der Waals surface area contributed by atoms with Crippen LogP contribution in [0.5, 0.6) is 0 Å². The third kappa shape index (κ3) is 13.8. The van der Waals surface area contributed by atoms with Crippen molar-refractivity contribution in [3.63, 3.8) is 0 Å². The molecular formula is C27H56N2S3. The van der Waals surface area contributed by atoms with Gasteiger partial charge in [0.05, 0.1) is 0 Å². The molecule has 1 rings (SSSR count). The summed E-state index contributed by atoms with van der Waals surface area (Å²) in [6.07, 6.45) is 11.6. The molecule has 1 aliphatic rings. The minimum atomic E-state index is 0.781. The largest absolute Gasteiger partial charge is 0.309 e. The molecule has 0 heterocycles. The van der Waals surface area contributed by atoms with Crippen molar-refractivity contribution in [2.45, 2.75) is 94.8 Å². The molecule has 1 saturated carbocycles. The molecule has 0 aliphatic heterocycles. The summed E-state index contributed by atoms with van der Waals surface area (Å²) in [6.45, 7) is 12.2. The first-order chi connectivity index (χ1) is 15.2. The fourth-order valence-electron chi connectivity index (χ4n) is 4.84. The summed E-state index contributed by atoms with van der Waals surface area (Å²) in [6, 6.07) is 0. The predicted molar refractivity (Wildman–Crippen MR) is 156 cm³/mol. The van der Waals surface area contributed by atoms with Crippen LogP contribution in [0.25, 0.3) is 0 Å². The van der Waals surface area contributed by atoms with Crippen LogP contribution in [0.4, 0.5) is 0 Å². The standard InChI is InChI=1S/C27H56N2S3/c1-9-30-27-13-11-10-12-24(27)15-17-26(32-21-19-29(7)8)23(4)14-16-25(22(2)3)31-20-18-28(5)6/h22-27H,9-21H2,1-8H3. The van der Waals surface area contributed by atoms with E-state index in [1.54, 1.807) is 0 Å². The van der Waals surface area contributed by atoms with Gasteiger partial charge in [-0.25, -0.2) is 0 Å². The molecule has 5 atom stereocenters. The fourth-order valence-corrected chi connectivity index (χ4v) is 9.15. The van der Waals surface area contributed by atoms with Crippen molar-refractivity contribution in [3.8, 4) is 0 Å². The molecule has 1 aliphatic carbocycles. The van der Waals surface area contributed by atoms with Crippen LogP contribution in [0, 0.1) is 17.8 Å². The van der Waals surface area contributed by atoms with Gasteiger partial charge < -0.3 is 9.80 Å². The van der Waals surface area contributed by atoms with Gasteiger partial charge in [0.1, 0.15) is 0 Å². The van der Waals surface area contributed by atoms with E-state index in [9.17, 15) is 0 Å². The first-order valence-corrected chi connectivity index (χ1v) is 16.5. The zero-order chi connectivity index (χ0) is 23.9. The van der Waals surface area contributed by atoms with E-state index in [1.165, 1.54) is 81.7 Å². The number of rotatable bonds is 18. The normalized spacial score (nSPS) is 22.6. The Morgan fingerprint density at radius 3 is 1.94 bits per heavy atom. The Morgan fingerprint density at radius 1 is 0.781 bits per heavy atom. The van der Waals surface area contributed by atoms with E-state index in [-0.39, 0.29) is 0 Å². The van der Waals surface area contributed by atoms with Gasteiger partial charge in [-0.3, -0.25) is 0 Å². The van der Waals surface area contributed by atoms with Crippen molar-refractivity contribution in [2.75, 3.05) is 58.5 Å². The molecule has 0 aromatic rings. The van der Waals surface area contributed by atoms with Crippen molar-refractivity contribution < 1.29 is 0 Å². The summed E-state index contributed by atoms with van der Waals surface area (Å²) < 4.78 is 0. The summed E-state index contributed by atoms with van der Waals surface area (Å²) in [7, 11) is 8.81. The van der Waals surface area contributed by atoms with Crippen LogP contribution >= 0.6 is 35.3 Å². The first kappa shape index (κ1) is 31.0. The van der Waals surface area contributed by atoms with Gasteiger partial charge in [0.25, 0.3) is 0 Å². The lowest BCUT2D eigenvalue weighted by Crippen LogP contribution is -2.26. The maximum Gasteiger partial charge on any atom is 0.00752 e. The number of thioether (sulfide) groups is 3. The fraction of sp³-hybridized carbons (Fsp3) is 1.00. The molecule has 2 nitrogen and oxygen atoms in total. The monoisotopic (exact) mass is 504 g/mol. The van der Waals surface area contributed by atoms with Gasteiger partial charge in [-0.1, -0.05) is 40.5 Å². The Labute approximate surface area is 215 Å². The van der Waals surface area contributed by atoms with Gasteiger partial charge >= 0.3 is 0 Å². The van der Waals surface area contributed by atoms with E-state index >= 15 is 0 Å². The minimum absolute atomic E-state index is 0.781. The SMILES string of the molecule is CCSC1CCCCC1CCC(SCCN(C)C)C(C)CCC(SCCN(C)C)C(C)C. The lowest BCUT2D eigenvalue weighted by Gasteiger charge is -2.33. The Hall–Kier alpha value is 0.970. The smallest absolute Gasteiger partial charge is 0.00752 e. The highest BCUT2D eigenvalue weighted by Gasteiger charge is 2.27.